The van der Waals surface area contributed by atoms with Crippen molar-refractivity contribution in [2.75, 3.05) is 0 Å². The van der Waals surface area contributed by atoms with E-state index in [9.17, 15) is 0 Å². The first-order valence-electron chi connectivity index (χ1n) is 15.5. The summed E-state index contributed by atoms with van der Waals surface area (Å²) in [5.41, 5.74) is 8.56. The predicted octanol–water partition coefficient (Wildman–Crippen LogP) is 11.0. The summed E-state index contributed by atoms with van der Waals surface area (Å²) in [5.74, 6) is 0. The van der Waals surface area contributed by atoms with Crippen LogP contribution in [-0.4, -0.2) is 9.52 Å². The Bertz CT molecular complexity index is 1560. The van der Waals surface area contributed by atoms with E-state index in [-0.39, 0.29) is 0 Å². The third-order valence-electron chi connectivity index (χ3n) is 7.55. The summed E-state index contributed by atoms with van der Waals surface area (Å²) in [5, 5.41) is 8.60. The standard InChI is InChI=1S/2C14H17.C12H10Si.2ClH.Zr/c2*1-4-5-12-7-6-11(3)13-8-10(2)9-14(12)13;1-3-7-11(8-4-1)13-12-9-5-2-6-10-12;;;/h2*6-9H,4-5H2,1-3H3;1-10H;2*1H;/q2*-1;;;;+4/p-2. The van der Waals surface area contributed by atoms with Gasteiger partial charge in [-0.2, -0.15) is 12.1 Å². The summed E-state index contributed by atoms with van der Waals surface area (Å²) in [4.78, 5) is 0. The Morgan fingerprint density at radius 3 is 1.27 bits per heavy atom. The first-order valence-corrected chi connectivity index (χ1v) is 22.8. The van der Waals surface area contributed by atoms with Crippen LogP contribution in [0.5, 0.6) is 0 Å². The van der Waals surface area contributed by atoms with Crippen LogP contribution in [-0.2, 0) is 33.7 Å². The number of benzene rings is 4. The summed E-state index contributed by atoms with van der Waals surface area (Å²) in [6.45, 7) is 13.2. The van der Waals surface area contributed by atoms with Crippen LogP contribution in [0, 0.1) is 27.7 Å². The second-order valence-electron chi connectivity index (χ2n) is 11.2. The Kier molecular flexibility index (Phi) is 15.9. The smallest absolute Gasteiger partial charge is 0.0631 e. The number of hydrogen-bond donors (Lipinski definition) is 0. The topological polar surface area (TPSA) is 0 Å². The molecule has 0 N–H and O–H groups in total. The molecule has 6 rings (SSSR count). The van der Waals surface area contributed by atoms with Crippen molar-refractivity contribution in [3.05, 3.63) is 143 Å². The third-order valence-corrected chi connectivity index (χ3v) is 8.80. The van der Waals surface area contributed by atoms with Crippen molar-refractivity contribution in [3.63, 3.8) is 0 Å². The van der Waals surface area contributed by atoms with E-state index in [2.05, 4.69) is 151 Å². The van der Waals surface area contributed by atoms with Gasteiger partial charge in [-0.3, -0.25) is 0 Å². The maximum atomic E-state index is 4.93. The van der Waals surface area contributed by atoms with E-state index in [1.165, 1.54) is 91.0 Å². The van der Waals surface area contributed by atoms with E-state index in [0.29, 0.717) is 0 Å². The van der Waals surface area contributed by atoms with Crippen LogP contribution < -0.4 is 10.4 Å². The van der Waals surface area contributed by atoms with Gasteiger partial charge in [-0.15, -0.1) is 68.1 Å². The van der Waals surface area contributed by atoms with Gasteiger partial charge < -0.3 is 0 Å². The molecular formula is C40H44Cl2SiZr. The Morgan fingerprint density at radius 1 is 0.568 bits per heavy atom. The average molecular weight is 715 g/mol. The summed E-state index contributed by atoms with van der Waals surface area (Å²) in [7, 11) is 10.6. The van der Waals surface area contributed by atoms with Crippen molar-refractivity contribution in [1.82, 2.24) is 0 Å². The van der Waals surface area contributed by atoms with Crippen LogP contribution in [0.4, 0.5) is 0 Å². The molecule has 44 heavy (non-hydrogen) atoms. The number of fused-ring (bicyclic) bond motifs is 2. The molecule has 0 amide bonds. The second kappa shape index (κ2) is 19.3. The largest absolute Gasteiger partial charge is 0.121 e. The molecule has 0 spiro atoms. The molecule has 0 unspecified atom stereocenters. The van der Waals surface area contributed by atoms with Crippen LogP contribution >= 0.6 is 17.0 Å². The molecular weight excluding hydrogens is 671 g/mol. The van der Waals surface area contributed by atoms with Crippen LogP contribution in [0.2, 0.25) is 0 Å². The summed E-state index contributed by atoms with van der Waals surface area (Å²) in [6.07, 6.45) is 4.84. The monoisotopic (exact) mass is 712 g/mol. The van der Waals surface area contributed by atoms with E-state index in [1.807, 2.05) is 0 Å². The van der Waals surface area contributed by atoms with Gasteiger partial charge in [0, 0.05) is 0 Å². The zero-order valence-corrected chi connectivity index (χ0v) is 31.9. The molecule has 0 saturated carbocycles. The van der Waals surface area contributed by atoms with Crippen molar-refractivity contribution in [2.45, 2.75) is 67.2 Å². The van der Waals surface area contributed by atoms with Gasteiger partial charge in [-0.1, -0.05) is 149 Å². The number of rotatable bonds is 6. The van der Waals surface area contributed by atoms with Crippen molar-refractivity contribution in [3.8, 4) is 0 Å². The normalized spacial score (nSPS) is 10.2. The van der Waals surface area contributed by atoms with Gasteiger partial charge in [0.25, 0.3) is 0 Å². The Morgan fingerprint density at radius 2 is 0.932 bits per heavy atom. The molecule has 0 aliphatic rings. The molecule has 0 nitrogen and oxygen atoms in total. The maximum Gasteiger partial charge on any atom is 0.121 e. The maximum absolute atomic E-state index is 4.93. The first kappa shape index (κ1) is 36.3. The van der Waals surface area contributed by atoms with Crippen molar-refractivity contribution in [2.24, 2.45) is 0 Å². The van der Waals surface area contributed by atoms with Crippen LogP contribution in [0.15, 0.2) is 109 Å². The number of hydrogen-bond acceptors (Lipinski definition) is 0. The molecule has 0 heterocycles. The molecule has 0 aromatic heterocycles. The molecule has 0 fully saturated rings. The molecule has 6 aromatic carbocycles. The third kappa shape index (κ3) is 11.0. The summed E-state index contributed by atoms with van der Waals surface area (Å²) in [6, 6.07) is 39.4. The second-order valence-corrected chi connectivity index (χ2v) is 16.4. The van der Waals surface area contributed by atoms with Gasteiger partial charge >= 0.3 is 37.9 Å². The Labute approximate surface area is 287 Å². The average Bonchev–Trinajstić information content (AvgIpc) is 3.62. The van der Waals surface area contributed by atoms with E-state index in [1.54, 1.807) is 0 Å². The Balaban J connectivity index is 0.000000173. The molecule has 0 aliphatic carbocycles. The van der Waals surface area contributed by atoms with E-state index in [4.69, 9.17) is 17.0 Å². The number of aryl methyl sites for hydroxylation is 6. The van der Waals surface area contributed by atoms with Crippen LogP contribution in [0.1, 0.15) is 60.1 Å². The van der Waals surface area contributed by atoms with Crippen molar-refractivity contribution < 1.29 is 20.8 Å². The first-order chi connectivity index (χ1) is 21.3. The van der Waals surface area contributed by atoms with Gasteiger partial charge in [0.05, 0.1) is 0 Å². The molecule has 0 bridgehead atoms. The molecule has 2 radical (unpaired) electrons. The summed E-state index contributed by atoms with van der Waals surface area (Å²) >= 11 is -0.826. The zero-order chi connectivity index (χ0) is 31.9. The van der Waals surface area contributed by atoms with Crippen molar-refractivity contribution in [1.29, 1.82) is 0 Å². The molecule has 0 atom stereocenters. The fraction of sp³-hybridized carbons (Fsp3) is 0.250. The molecule has 0 saturated heterocycles. The molecule has 0 aliphatic heterocycles. The molecule has 6 aromatic rings. The van der Waals surface area contributed by atoms with Crippen LogP contribution in [0.3, 0.4) is 0 Å². The van der Waals surface area contributed by atoms with E-state index >= 15 is 0 Å². The SMILES string of the molecule is CCCc1ccc(C)c2[cH-]c(C)cc12.CCCc1ccc(C)c2[cH-]c(C)cc12.[Cl][Zr+2][Cl].c1ccc([Si]c2ccccc2)cc1. The predicted molar refractivity (Wildman–Crippen MR) is 196 cm³/mol. The van der Waals surface area contributed by atoms with Gasteiger partial charge in [-0.05, 0) is 12.8 Å². The van der Waals surface area contributed by atoms with E-state index in [0.717, 1.165) is 9.52 Å². The van der Waals surface area contributed by atoms with Gasteiger partial charge in [0.15, 0.2) is 0 Å². The minimum atomic E-state index is -0.826. The zero-order valence-electron chi connectivity index (χ0n) is 27.0. The fourth-order valence-corrected chi connectivity index (χ4v) is 6.54. The van der Waals surface area contributed by atoms with Crippen molar-refractivity contribution >= 4 is 58.5 Å². The Hall–Kier alpha value is -2.22. The minimum absolute atomic E-state index is 0.777. The fourth-order valence-electron chi connectivity index (χ4n) is 5.48. The number of halogens is 2. The molecule has 4 heteroatoms. The van der Waals surface area contributed by atoms with Gasteiger partial charge in [-0.25, -0.2) is 0 Å². The minimum Gasteiger partial charge on any atom is -0.0631 e. The summed E-state index contributed by atoms with van der Waals surface area (Å²) < 4.78 is 0. The quantitative estimate of drug-likeness (QED) is 0.119. The van der Waals surface area contributed by atoms with E-state index < -0.39 is 20.8 Å². The molecule has 226 valence electrons. The van der Waals surface area contributed by atoms with Gasteiger partial charge in [0.2, 0.25) is 0 Å². The van der Waals surface area contributed by atoms with Gasteiger partial charge in [0.1, 0.15) is 9.52 Å². The van der Waals surface area contributed by atoms with Crippen LogP contribution in [0.25, 0.3) is 21.5 Å².